The first kappa shape index (κ1) is 15.2. The van der Waals surface area contributed by atoms with Crippen LogP contribution < -0.4 is 15.8 Å². The largest absolute Gasteiger partial charge is 0.489 e. The molecule has 0 saturated carbocycles. The number of ether oxygens (including phenoxy) is 1. The zero-order chi connectivity index (χ0) is 12.8. The summed E-state index contributed by atoms with van der Waals surface area (Å²) in [5, 5.41) is 3.21. The van der Waals surface area contributed by atoms with Gasteiger partial charge in [-0.3, -0.25) is 0 Å². The van der Waals surface area contributed by atoms with Crippen molar-refractivity contribution in [2.24, 2.45) is 0 Å². The number of hydrogen-bond donors (Lipinski definition) is 2. The van der Waals surface area contributed by atoms with E-state index in [1.807, 2.05) is 55.5 Å². The number of benzene rings is 2. The van der Waals surface area contributed by atoms with Gasteiger partial charge in [0.15, 0.2) is 0 Å². The fraction of sp³-hybridized carbons (Fsp3) is 0.200. The van der Waals surface area contributed by atoms with E-state index in [9.17, 15) is 0 Å². The minimum absolute atomic E-state index is 0. The van der Waals surface area contributed by atoms with Crippen LogP contribution in [0.5, 0.6) is 5.75 Å². The fourth-order valence-electron chi connectivity index (χ4n) is 1.71. The van der Waals surface area contributed by atoms with E-state index in [1.165, 1.54) is 0 Å². The van der Waals surface area contributed by atoms with Gasteiger partial charge in [-0.1, -0.05) is 30.3 Å². The van der Waals surface area contributed by atoms with Gasteiger partial charge in [-0.15, -0.1) is 12.4 Å². The normalized spacial score (nSPS) is 9.53. The van der Waals surface area contributed by atoms with Crippen LogP contribution in [0.4, 0.5) is 11.4 Å². The van der Waals surface area contributed by atoms with Crippen LogP contribution in [-0.2, 0) is 6.61 Å². The Balaban J connectivity index is 0.00000180. The van der Waals surface area contributed by atoms with Gasteiger partial charge in [-0.25, -0.2) is 0 Å². The molecule has 0 amide bonds. The van der Waals surface area contributed by atoms with Crippen LogP contribution in [0, 0.1) is 0 Å². The highest BCUT2D eigenvalue weighted by Crippen LogP contribution is 2.25. The van der Waals surface area contributed by atoms with E-state index in [2.05, 4.69) is 5.32 Å². The number of hydrogen-bond acceptors (Lipinski definition) is 3. The summed E-state index contributed by atoms with van der Waals surface area (Å²) in [6.45, 7) is 3.44. The van der Waals surface area contributed by atoms with Crippen LogP contribution in [0.1, 0.15) is 12.5 Å². The van der Waals surface area contributed by atoms with E-state index >= 15 is 0 Å². The summed E-state index contributed by atoms with van der Waals surface area (Å²) in [5.74, 6) is 0.823. The highest BCUT2D eigenvalue weighted by Gasteiger charge is 2.01. The van der Waals surface area contributed by atoms with E-state index in [-0.39, 0.29) is 12.4 Å². The molecule has 0 radical (unpaired) electrons. The third kappa shape index (κ3) is 4.38. The zero-order valence-electron chi connectivity index (χ0n) is 10.9. The van der Waals surface area contributed by atoms with Gasteiger partial charge in [0.2, 0.25) is 0 Å². The molecule has 2 rings (SSSR count). The third-order valence-electron chi connectivity index (χ3n) is 2.64. The monoisotopic (exact) mass is 278 g/mol. The molecule has 0 heterocycles. The minimum Gasteiger partial charge on any atom is -0.489 e. The molecule has 0 spiro atoms. The number of nitrogen functional groups attached to an aromatic ring is 1. The van der Waals surface area contributed by atoms with Crippen LogP contribution in [0.3, 0.4) is 0 Å². The molecule has 0 aliphatic heterocycles. The Morgan fingerprint density at radius 2 is 1.84 bits per heavy atom. The van der Waals surface area contributed by atoms with Crippen molar-refractivity contribution < 1.29 is 4.74 Å². The predicted octanol–water partition coefficient (Wildman–Crippen LogP) is 3.70. The van der Waals surface area contributed by atoms with Crippen LogP contribution in [0.2, 0.25) is 0 Å². The van der Waals surface area contributed by atoms with Crippen molar-refractivity contribution in [3.63, 3.8) is 0 Å². The van der Waals surface area contributed by atoms with Crippen molar-refractivity contribution in [3.8, 4) is 5.75 Å². The maximum absolute atomic E-state index is 5.86. The molecule has 0 fully saturated rings. The third-order valence-corrected chi connectivity index (χ3v) is 2.64. The number of rotatable bonds is 5. The molecular weight excluding hydrogens is 260 g/mol. The Morgan fingerprint density at radius 1 is 1.11 bits per heavy atom. The Kier molecular flexibility index (Phi) is 6.03. The first-order valence-corrected chi connectivity index (χ1v) is 6.09. The second kappa shape index (κ2) is 7.54. The summed E-state index contributed by atoms with van der Waals surface area (Å²) >= 11 is 0. The lowest BCUT2D eigenvalue weighted by atomic mass is 10.2. The first-order chi connectivity index (χ1) is 8.79. The van der Waals surface area contributed by atoms with Crippen LogP contribution in [0.15, 0.2) is 48.5 Å². The summed E-state index contributed by atoms with van der Waals surface area (Å²) in [5.41, 5.74) is 8.68. The molecule has 0 unspecified atom stereocenters. The smallest absolute Gasteiger partial charge is 0.122 e. The van der Waals surface area contributed by atoms with E-state index in [1.54, 1.807) is 0 Å². The van der Waals surface area contributed by atoms with Crippen LogP contribution in [0.25, 0.3) is 0 Å². The second-order valence-electron chi connectivity index (χ2n) is 4.05. The molecule has 102 valence electrons. The highest BCUT2D eigenvalue weighted by molar-refractivity contribution is 5.85. The lowest BCUT2D eigenvalue weighted by Crippen LogP contribution is -2.02. The molecule has 19 heavy (non-hydrogen) atoms. The maximum Gasteiger partial charge on any atom is 0.122 e. The Labute approximate surface area is 120 Å². The molecule has 0 saturated heterocycles. The minimum atomic E-state index is 0. The standard InChI is InChI=1S/C15H18N2O.ClH/c1-2-17-15-10-13(8-9-14(15)16)18-11-12-6-4-3-5-7-12;/h3-10,17H,2,11,16H2,1H3;1H. The van der Waals surface area contributed by atoms with Crippen molar-refractivity contribution in [1.29, 1.82) is 0 Å². The van der Waals surface area contributed by atoms with Gasteiger partial charge in [-0.2, -0.15) is 0 Å². The summed E-state index contributed by atoms with van der Waals surface area (Å²) < 4.78 is 5.74. The van der Waals surface area contributed by atoms with Gasteiger partial charge in [-0.05, 0) is 24.6 Å². The van der Waals surface area contributed by atoms with E-state index in [0.717, 1.165) is 29.2 Å². The molecule has 3 nitrogen and oxygen atoms in total. The topological polar surface area (TPSA) is 47.3 Å². The fourth-order valence-corrected chi connectivity index (χ4v) is 1.71. The van der Waals surface area contributed by atoms with Crippen molar-refractivity contribution in [3.05, 3.63) is 54.1 Å². The molecule has 0 bridgehead atoms. The second-order valence-corrected chi connectivity index (χ2v) is 4.05. The molecule has 2 aromatic carbocycles. The SMILES string of the molecule is CCNc1cc(OCc2ccccc2)ccc1N.Cl. The molecule has 0 aliphatic carbocycles. The Morgan fingerprint density at radius 3 is 2.53 bits per heavy atom. The average molecular weight is 279 g/mol. The van der Waals surface area contributed by atoms with E-state index in [4.69, 9.17) is 10.5 Å². The molecule has 0 aromatic heterocycles. The van der Waals surface area contributed by atoms with Gasteiger partial charge < -0.3 is 15.8 Å². The van der Waals surface area contributed by atoms with Gasteiger partial charge in [0.25, 0.3) is 0 Å². The first-order valence-electron chi connectivity index (χ1n) is 6.09. The lowest BCUT2D eigenvalue weighted by molar-refractivity contribution is 0.306. The Bertz CT molecular complexity index is 503. The van der Waals surface area contributed by atoms with Crippen molar-refractivity contribution in [1.82, 2.24) is 0 Å². The van der Waals surface area contributed by atoms with Crippen molar-refractivity contribution in [2.45, 2.75) is 13.5 Å². The summed E-state index contributed by atoms with van der Waals surface area (Å²) in [4.78, 5) is 0. The molecular formula is C15H19ClN2O. The van der Waals surface area contributed by atoms with Gasteiger partial charge >= 0.3 is 0 Å². The van der Waals surface area contributed by atoms with Gasteiger partial charge in [0.1, 0.15) is 12.4 Å². The number of halogens is 1. The molecule has 0 aliphatic rings. The average Bonchev–Trinajstić information content (AvgIpc) is 2.41. The molecule has 2 aromatic rings. The van der Waals surface area contributed by atoms with Crippen molar-refractivity contribution in [2.75, 3.05) is 17.6 Å². The number of anilines is 2. The molecule has 0 atom stereocenters. The summed E-state index contributed by atoms with van der Waals surface area (Å²) in [6.07, 6.45) is 0. The van der Waals surface area contributed by atoms with Crippen molar-refractivity contribution >= 4 is 23.8 Å². The molecule has 3 N–H and O–H groups in total. The maximum atomic E-state index is 5.86. The van der Waals surface area contributed by atoms with Crippen LogP contribution >= 0.6 is 12.4 Å². The number of nitrogens with one attached hydrogen (secondary N) is 1. The summed E-state index contributed by atoms with van der Waals surface area (Å²) in [6, 6.07) is 15.8. The van der Waals surface area contributed by atoms with Gasteiger partial charge in [0.05, 0.1) is 11.4 Å². The van der Waals surface area contributed by atoms with E-state index < -0.39 is 0 Å². The lowest BCUT2D eigenvalue weighted by Gasteiger charge is -2.11. The van der Waals surface area contributed by atoms with Gasteiger partial charge in [0, 0.05) is 12.6 Å². The highest BCUT2D eigenvalue weighted by atomic mass is 35.5. The van der Waals surface area contributed by atoms with E-state index in [0.29, 0.717) is 6.61 Å². The summed E-state index contributed by atoms with van der Waals surface area (Å²) in [7, 11) is 0. The number of nitrogens with two attached hydrogens (primary N) is 1. The zero-order valence-corrected chi connectivity index (χ0v) is 11.7. The predicted molar refractivity (Wildman–Crippen MR) is 83.0 cm³/mol. The quantitative estimate of drug-likeness (QED) is 0.820. The molecule has 4 heteroatoms. The Hall–Kier alpha value is -1.87. The van der Waals surface area contributed by atoms with Crippen LogP contribution in [-0.4, -0.2) is 6.54 Å².